The third kappa shape index (κ3) is 3.46. The maximum atomic E-state index is 12.5. The number of hydrogen-bond donors (Lipinski definition) is 2. The van der Waals surface area contributed by atoms with Gasteiger partial charge in [0.2, 0.25) is 0 Å². The van der Waals surface area contributed by atoms with Crippen LogP contribution in [0, 0.1) is 0 Å². The Balaban J connectivity index is 3.01. The van der Waals surface area contributed by atoms with Gasteiger partial charge in [0.1, 0.15) is 0 Å². The number of rotatable bonds is 5. The minimum absolute atomic E-state index is 0.0233. The van der Waals surface area contributed by atoms with Gasteiger partial charge in [-0.3, -0.25) is 0 Å². The van der Waals surface area contributed by atoms with Crippen LogP contribution in [0.2, 0.25) is 0 Å². The molecule has 1 aromatic rings. The molecule has 0 amide bonds. The molecule has 0 aliphatic heterocycles. The van der Waals surface area contributed by atoms with Gasteiger partial charge in [-0.05, 0) is 37.6 Å². The normalized spacial score (nSPS) is 15.4. The predicted octanol–water partition coefficient (Wildman–Crippen LogP) is 2.91. The van der Waals surface area contributed by atoms with Gasteiger partial charge in [-0.2, -0.15) is 13.2 Å². The fourth-order valence-corrected chi connectivity index (χ4v) is 1.98. The number of hydrogen-bond acceptors (Lipinski definition) is 2. The average Bonchev–Trinajstić information content (AvgIpc) is 2.29. The summed E-state index contributed by atoms with van der Waals surface area (Å²) in [6.07, 6.45) is -3.86. The van der Waals surface area contributed by atoms with E-state index in [0.29, 0.717) is 13.0 Å². The largest absolute Gasteiger partial charge is 0.416 e. The number of halogens is 3. The number of aliphatic hydroxyl groups is 1. The van der Waals surface area contributed by atoms with Crippen LogP contribution in [-0.2, 0) is 11.7 Å². The van der Waals surface area contributed by atoms with Crippen LogP contribution < -0.4 is 5.32 Å². The third-order valence-corrected chi connectivity index (χ3v) is 3.03. The molecule has 2 N–H and O–H groups in total. The summed E-state index contributed by atoms with van der Waals surface area (Å²) in [7, 11) is 0. The second-order valence-electron chi connectivity index (χ2n) is 4.41. The van der Waals surface area contributed by atoms with Gasteiger partial charge in [-0.15, -0.1) is 0 Å². The van der Waals surface area contributed by atoms with Crippen LogP contribution in [0.15, 0.2) is 24.3 Å². The van der Waals surface area contributed by atoms with E-state index in [1.165, 1.54) is 12.1 Å². The lowest BCUT2D eigenvalue weighted by atomic mass is 9.88. The molecule has 0 fully saturated rings. The van der Waals surface area contributed by atoms with Gasteiger partial charge >= 0.3 is 6.18 Å². The van der Waals surface area contributed by atoms with E-state index in [9.17, 15) is 13.2 Å². The van der Waals surface area contributed by atoms with Crippen LogP contribution in [0.5, 0.6) is 0 Å². The van der Waals surface area contributed by atoms with Gasteiger partial charge in [-0.1, -0.05) is 19.1 Å². The van der Waals surface area contributed by atoms with Crippen LogP contribution in [0.4, 0.5) is 13.2 Å². The molecule has 0 aliphatic carbocycles. The number of nitrogens with one attached hydrogen (secondary N) is 1. The lowest BCUT2D eigenvalue weighted by Gasteiger charge is -2.31. The zero-order valence-corrected chi connectivity index (χ0v) is 10.5. The molecule has 5 heteroatoms. The predicted molar refractivity (Wildman–Crippen MR) is 64.2 cm³/mol. The molecular weight excluding hydrogens is 243 g/mol. The average molecular weight is 261 g/mol. The van der Waals surface area contributed by atoms with Crippen molar-refractivity contribution in [2.75, 3.05) is 13.2 Å². The van der Waals surface area contributed by atoms with Crippen molar-refractivity contribution in [1.82, 2.24) is 5.32 Å². The van der Waals surface area contributed by atoms with Crippen LogP contribution in [-0.4, -0.2) is 18.3 Å². The van der Waals surface area contributed by atoms with E-state index in [1.54, 1.807) is 0 Å². The van der Waals surface area contributed by atoms with Gasteiger partial charge in [-0.25, -0.2) is 0 Å². The van der Waals surface area contributed by atoms with Crippen molar-refractivity contribution in [2.45, 2.75) is 32.0 Å². The molecule has 0 heterocycles. The highest BCUT2D eigenvalue weighted by atomic mass is 19.4. The van der Waals surface area contributed by atoms with Crippen molar-refractivity contribution in [2.24, 2.45) is 0 Å². The highest BCUT2D eigenvalue weighted by molar-refractivity contribution is 5.29. The van der Waals surface area contributed by atoms with Crippen LogP contribution in [0.25, 0.3) is 0 Å². The SMILES string of the molecule is CCNC(C)(CCO)c1ccc(C(F)(F)F)cc1. The monoisotopic (exact) mass is 261 g/mol. The van der Waals surface area contributed by atoms with Crippen LogP contribution in [0.1, 0.15) is 31.4 Å². The number of alkyl halides is 3. The van der Waals surface area contributed by atoms with E-state index in [4.69, 9.17) is 5.11 Å². The quantitative estimate of drug-likeness (QED) is 0.854. The van der Waals surface area contributed by atoms with Crippen molar-refractivity contribution in [3.63, 3.8) is 0 Å². The molecule has 0 aromatic heterocycles. The number of aliphatic hydroxyl groups excluding tert-OH is 1. The second-order valence-corrected chi connectivity index (χ2v) is 4.41. The summed E-state index contributed by atoms with van der Waals surface area (Å²) in [5, 5.41) is 12.2. The van der Waals surface area contributed by atoms with Crippen LogP contribution >= 0.6 is 0 Å². The Hall–Kier alpha value is -1.07. The van der Waals surface area contributed by atoms with E-state index in [2.05, 4.69) is 5.32 Å². The van der Waals surface area contributed by atoms with Crippen molar-refractivity contribution in [1.29, 1.82) is 0 Å². The molecule has 18 heavy (non-hydrogen) atoms. The Bertz CT molecular complexity index is 367. The molecular formula is C13H18F3NO. The minimum Gasteiger partial charge on any atom is -0.396 e. The molecule has 2 nitrogen and oxygen atoms in total. The van der Waals surface area contributed by atoms with Gasteiger partial charge in [0.15, 0.2) is 0 Å². The summed E-state index contributed by atoms with van der Waals surface area (Å²) in [6, 6.07) is 5.06. The summed E-state index contributed by atoms with van der Waals surface area (Å²) in [4.78, 5) is 0. The molecule has 1 aromatic carbocycles. The first-order valence-corrected chi connectivity index (χ1v) is 5.87. The minimum atomic E-state index is -4.32. The Morgan fingerprint density at radius 3 is 2.00 bits per heavy atom. The summed E-state index contributed by atoms with van der Waals surface area (Å²) in [5.74, 6) is 0. The smallest absolute Gasteiger partial charge is 0.396 e. The molecule has 0 radical (unpaired) electrons. The topological polar surface area (TPSA) is 32.3 Å². The molecule has 0 saturated heterocycles. The van der Waals surface area contributed by atoms with Gasteiger partial charge in [0.25, 0.3) is 0 Å². The fraction of sp³-hybridized carbons (Fsp3) is 0.538. The first kappa shape index (κ1) is 15.0. The van der Waals surface area contributed by atoms with Gasteiger partial charge < -0.3 is 10.4 Å². The van der Waals surface area contributed by atoms with E-state index in [1.807, 2.05) is 13.8 Å². The molecule has 1 rings (SSSR count). The van der Waals surface area contributed by atoms with E-state index in [-0.39, 0.29) is 6.61 Å². The molecule has 0 aliphatic rings. The first-order valence-electron chi connectivity index (χ1n) is 5.87. The van der Waals surface area contributed by atoms with Crippen molar-refractivity contribution < 1.29 is 18.3 Å². The second kappa shape index (κ2) is 5.71. The molecule has 0 bridgehead atoms. The lowest BCUT2D eigenvalue weighted by molar-refractivity contribution is -0.137. The maximum Gasteiger partial charge on any atom is 0.416 e. The zero-order chi connectivity index (χ0) is 13.8. The Kier molecular flexibility index (Phi) is 4.76. The fourth-order valence-electron chi connectivity index (χ4n) is 1.98. The highest BCUT2D eigenvalue weighted by Gasteiger charge is 2.31. The maximum absolute atomic E-state index is 12.5. The summed E-state index contributed by atoms with van der Waals surface area (Å²) < 4.78 is 37.4. The molecule has 0 spiro atoms. The van der Waals surface area contributed by atoms with Crippen molar-refractivity contribution in [3.05, 3.63) is 35.4 Å². The number of benzene rings is 1. The Morgan fingerprint density at radius 1 is 1.11 bits per heavy atom. The van der Waals surface area contributed by atoms with E-state index < -0.39 is 17.3 Å². The Labute approximate surface area is 105 Å². The van der Waals surface area contributed by atoms with Gasteiger partial charge in [0, 0.05) is 12.1 Å². The molecule has 1 atom stereocenters. The van der Waals surface area contributed by atoms with Crippen molar-refractivity contribution in [3.8, 4) is 0 Å². The lowest BCUT2D eigenvalue weighted by Crippen LogP contribution is -2.40. The first-order chi connectivity index (χ1) is 8.33. The standard InChI is InChI=1S/C13H18F3NO/c1-3-17-12(2,8-9-18)10-4-6-11(7-5-10)13(14,15)16/h4-7,17-18H,3,8-9H2,1-2H3. The third-order valence-electron chi connectivity index (χ3n) is 3.03. The molecule has 1 unspecified atom stereocenters. The van der Waals surface area contributed by atoms with Gasteiger partial charge in [0.05, 0.1) is 5.56 Å². The zero-order valence-electron chi connectivity index (χ0n) is 10.5. The summed E-state index contributed by atoms with van der Waals surface area (Å²) >= 11 is 0. The summed E-state index contributed by atoms with van der Waals surface area (Å²) in [5.41, 5.74) is -0.423. The molecule has 0 saturated carbocycles. The highest BCUT2D eigenvalue weighted by Crippen LogP contribution is 2.31. The van der Waals surface area contributed by atoms with E-state index >= 15 is 0 Å². The molecule has 102 valence electrons. The van der Waals surface area contributed by atoms with E-state index in [0.717, 1.165) is 17.7 Å². The summed E-state index contributed by atoms with van der Waals surface area (Å²) in [6.45, 7) is 4.44. The van der Waals surface area contributed by atoms with Crippen LogP contribution in [0.3, 0.4) is 0 Å². The Morgan fingerprint density at radius 2 is 1.61 bits per heavy atom. The van der Waals surface area contributed by atoms with Crippen molar-refractivity contribution >= 4 is 0 Å².